The fourth-order valence-corrected chi connectivity index (χ4v) is 3.51. The predicted octanol–water partition coefficient (Wildman–Crippen LogP) is 7.96. The number of carbonyl (C=O) groups is 1. The van der Waals surface area contributed by atoms with Crippen LogP contribution in [0.3, 0.4) is 0 Å². The fourth-order valence-electron chi connectivity index (χ4n) is 3.51. The molecule has 0 heterocycles. The Morgan fingerprint density at radius 1 is 0.778 bits per heavy atom. The van der Waals surface area contributed by atoms with Crippen LogP contribution < -0.4 is 0 Å². The van der Waals surface area contributed by atoms with Gasteiger partial charge in [-0.1, -0.05) is 95.1 Å². The van der Waals surface area contributed by atoms with Crippen LogP contribution >= 0.6 is 0 Å². The van der Waals surface area contributed by atoms with Crippen molar-refractivity contribution in [2.45, 2.75) is 103 Å². The first-order chi connectivity index (χ1) is 13.3. The maximum Gasteiger partial charge on any atom is 0.335 e. The van der Waals surface area contributed by atoms with Gasteiger partial charge >= 0.3 is 5.97 Å². The number of aromatic carboxylic acids is 1. The van der Waals surface area contributed by atoms with Crippen LogP contribution in [0.4, 0.5) is 0 Å². The maximum atomic E-state index is 11.2. The molecule has 0 atom stereocenters. The molecule has 0 aliphatic heterocycles. The smallest absolute Gasteiger partial charge is 0.335 e. The molecule has 0 saturated heterocycles. The largest absolute Gasteiger partial charge is 0.478 e. The maximum absolute atomic E-state index is 11.2. The lowest BCUT2D eigenvalue weighted by atomic mass is 10.0. The van der Waals surface area contributed by atoms with Gasteiger partial charge < -0.3 is 5.11 Å². The highest BCUT2D eigenvalue weighted by Gasteiger charge is 2.07. The first-order valence-corrected chi connectivity index (χ1v) is 11.2. The SMILES string of the molecule is CCCCCCCCC=CCCCCCCCCc1ccccc1C(=O)O. The molecule has 0 unspecified atom stereocenters. The average Bonchev–Trinajstić information content (AvgIpc) is 2.68. The summed E-state index contributed by atoms with van der Waals surface area (Å²) in [5, 5.41) is 9.20. The summed E-state index contributed by atoms with van der Waals surface area (Å²) in [6, 6.07) is 7.38. The molecule has 1 aromatic rings. The second-order valence-electron chi connectivity index (χ2n) is 7.65. The van der Waals surface area contributed by atoms with Crippen molar-refractivity contribution in [1.29, 1.82) is 0 Å². The van der Waals surface area contributed by atoms with Crippen LogP contribution in [0.1, 0.15) is 113 Å². The topological polar surface area (TPSA) is 37.3 Å². The number of carboxylic acids is 1. The molecule has 152 valence electrons. The van der Waals surface area contributed by atoms with Gasteiger partial charge in [0, 0.05) is 0 Å². The van der Waals surface area contributed by atoms with Crippen molar-refractivity contribution in [2.75, 3.05) is 0 Å². The van der Waals surface area contributed by atoms with E-state index in [1.807, 2.05) is 12.1 Å². The zero-order valence-corrected chi connectivity index (χ0v) is 17.4. The Kier molecular flexibility index (Phi) is 14.4. The van der Waals surface area contributed by atoms with Crippen LogP contribution in [0.5, 0.6) is 0 Å². The summed E-state index contributed by atoms with van der Waals surface area (Å²) in [4.78, 5) is 11.2. The molecule has 0 spiro atoms. The van der Waals surface area contributed by atoms with Crippen molar-refractivity contribution < 1.29 is 9.90 Å². The van der Waals surface area contributed by atoms with Crippen molar-refractivity contribution >= 4 is 5.97 Å². The molecule has 2 nitrogen and oxygen atoms in total. The predicted molar refractivity (Wildman–Crippen MR) is 117 cm³/mol. The van der Waals surface area contributed by atoms with Crippen LogP contribution in [0, 0.1) is 0 Å². The van der Waals surface area contributed by atoms with Gasteiger partial charge in [-0.2, -0.15) is 0 Å². The average molecular weight is 373 g/mol. The number of carboxylic acid groups (broad SMARTS) is 1. The van der Waals surface area contributed by atoms with E-state index in [2.05, 4.69) is 19.1 Å². The second kappa shape index (κ2) is 16.6. The Morgan fingerprint density at radius 2 is 1.30 bits per heavy atom. The van der Waals surface area contributed by atoms with Crippen LogP contribution in [-0.2, 0) is 6.42 Å². The van der Waals surface area contributed by atoms with E-state index in [0.717, 1.165) is 18.4 Å². The Labute approximate surface area is 167 Å². The van der Waals surface area contributed by atoms with Crippen molar-refractivity contribution in [3.05, 3.63) is 47.5 Å². The molecule has 0 aliphatic carbocycles. The summed E-state index contributed by atoms with van der Waals surface area (Å²) in [6.45, 7) is 2.27. The van der Waals surface area contributed by atoms with Crippen molar-refractivity contribution in [3.63, 3.8) is 0 Å². The molecule has 0 amide bonds. The molecule has 0 aliphatic rings. The molecule has 0 aromatic heterocycles. The van der Waals surface area contributed by atoms with Gasteiger partial charge in [-0.15, -0.1) is 0 Å². The minimum atomic E-state index is -0.810. The summed E-state index contributed by atoms with van der Waals surface area (Å²) < 4.78 is 0. The van der Waals surface area contributed by atoms with E-state index < -0.39 is 5.97 Å². The van der Waals surface area contributed by atoms with E-state index in [0.29, 0.717) is 5.56 Å². The minimum absolute atomic E-state index is 0.463. The summed E-state index contributed by atoms with van der Waals surface area (Å²) in [6.07, 6.45) is 23.8. The van der Waals surface area contributed by atoms with Crippen LogP contribution in [0.2, 0.25) is 0 Å². The number of aryl methyl sites for hydroxylation is 1. The van der Waals surface area contributed by atoms with Gasteiger partial charge in [-0.25, -0.2) is 4.79 Å². The number of benzene rings is 1. The zero-order chi connectivity index (χ0) is 19.6. The molecule has 0 fully saturated rings. The number of hydrogen-bond donors (Lipinski definition) is 1. The standard InChI is InChI=1S/C25H40O2/c1-2-3-4-5-6-7-8-9-10-11-12-13-14-15-16-17-20-23-21-18-19-22-24(23)25(26)27/h9-10,18-19,21-22H,2-8,11-17,20H2,1H3,(H,26,27). The number of rotatable bonds is 17. The Hall–Kier alpha value is -1.57. The molecule has 0 bridgehead atoms. The van der Waals surface area contributed by atoms with E-state index in [1.165, 1.54) is 83.5 Å². The third-order valence-electron chi connectivity index (χ3n) is 5.21. The van der Waals surface area contributed by atoms with Gasteiger partial charge in [0.2, 0.25) is 0 Å². The molecular weight excluding hydrogens is 332 g/mol. The van der Waals surface area contributed by atoms with Crippen LogP contribution in [0.25, 0.3) is 0 Å². The van der Waals surface area contributed by atoms with Gasteiger partial charge in [0.05, 0.1) is 5.56 Å². The Balaban J connectivity index is 1.91. The van der Waals surface area contributed by atoms with E-state index in [9.17, 15) is 9.90 Å². The normalized spacial score (nSPS) is 11.3. The zero-order valence-electron chi connectivity index (χ0n) is 17.4. The van der Waals surface area contributed by atoms with Gasteiger partial charge in [0.15, 0.2) is 0 Å². The number of unbranched alkanes of at least 4 members (excludes halogenated alkanes) is 12. The lowest BCUT2D eigenvalue weighted by Crippen LogP contribution is -2.02. The second-order valence-corrected chi connectivity index (χ2v) is 7.65. The highest BCUT2D eigenvalue weighted by Crippen LogP contribution is 2.15. The summed E-state index contributed by atoms with van der Waals surface area (Å²) >= 11 is 0. The van der Waals surface area contributed by atoms with Gasteiger partial charge in [0.25, 0.3) is 0 Å². The molecule has 0 saturated carbocycles. The van der Waals surface area contributed by atoms with E-state index in [1.54, 1.807) is 12.1 Å². The van der Waals surface area contributed by atoms with Gasteiger partial charge in [-0.05, 0) is 50.2 Å². The first kappa shape index (κ1) is 23.5. The molecule has 0 radical (unpaired) electrons. The van der Waals surface area contributed by atoms with Crippen molar-refractivity contribution in [2.24, 2.45) is 0 Å². The monoisotopic (exact) mass is 372 g/mol. The lowest BCUT2D eigenvalue weighted by molar-refractivity contribution is 0.0695. The van der Waals surface area contributed by atoms with Gasteiger partial charge in [0.1, 0.15) is 0 Å². The van der Waals surface area contributed by atoms with Crippen LogP contribution in [0.15, 0.2) is 36.4 Å². The van der Waals surface area contributed by atoms with E-state index in [4.69, 9.17) is 0 Å². The van der Waals surface area contributed by atoms with E-state index in [-0.39, 0.29) is 0 Å². The third-order valence-corrected chi connectivity index (χ3v) is 5.21. The highest BCUT2D eigenvalue weighted by atomic mass is 16.4. The molecular formula is C25H40O2. The van der Waals surface area contributed by atoms with Crippen LogP contribution in [-0.4, -0.2) is 11.1 Å². The molecule has 1 rings (SSSR count). The quantitative estimate of drug-likeness (QED) is 0.222. The highest BCUT2D eigenvalue weighted by molar-refractivity contribution is 5.89. The van der Waals surface area contributed by atoms with E-state index >= 15 is 0 Å². The Morgan fingerprint density at radius 3 is 1.89 bits per heavy atom. The molecule has 1 aromatic carbocycles. The third kappa shape index (κ3) is 12.4. The Bertz CT molecular complexity index is 519. The van der Waals surface area contributed by atoms with Crippen molar-refractivity contribution in [1.82, 2.24) is 0 Å². The summed E-state index contributed by atoms with van der Waals surface area (Å²) in [7, 11) is 0. The number of hydrogen-bond acceptors (Lipinski definition) is 1. The summed E-state index contributed by atoms with van der Waals surface area (Å²) in [5.74, 6) is -0.810. The number of allylic oxidation sites excluding steroid dienone is 2. The lowest BCUT2D eigenvalue weighted by Gasteiger charge is -2.05. The van der Waals surface area contributed by atoms with Crippen molar-refractivity contribution in [3.8, 4) is 0 Å². The minimum Gasteiger partial charge on any atom is -0.478 e. The van der Waals surface area contributed by atoms with Gasteiger partial charge in [-0.3, -0.25) is 0 Å². The molecule has 2 heteroatoms. The molecule has 27 heavy (non-hydrogen) atoms. The first-order valence-electron chi connectivity index (χ1n) is 11.2. The molecule has 1 N–H and O–H groups in total. The fraction of sp³-hybridized carbons (Fsp3) is 0.640. The summed E-state index contributed by atoms with van der Waals surface area (Å²) in [5.41, 5.74) is 1.44.